The smallest absolute Gasteiger partial charge is 0.335 e. The Labute approximate surface area is 225 Å². The molecule has 1 heterocycles. The third-order valence-electron chi connectivity index (χ3n) is 5.13. The Kier molecular flexibility index (Phi) is 7.98. The molecule has 36 heavy (non-hydrogen) atoms. The number of carbonyl (C=O) groups is 3. The van der Waals surface area contributed by atoms with Crippen molar-refractivity contribution in [3.8, 4) is 11.5 Å². The van der Waals surface area contributed by atoms with E-state index in [-0.39, 0.29) is 17.2 Å². The first kappa shape index (κ1) is 25.8. The third kappa shape index (κ3) is 5.73. The average molecular weight is 590 g/mol. The summed E-state index contributed by atoms with van der Waals surface area (Å²) in [6, 6.07) is 16.1. The number of imide groups is 2. The highest BCUT2D eigenvalue weighted by atomic mass is 79.9. The molecule has 4 rings (SSSR count). The van der Waals surface area contributed by atoms with Crippen molar-refractivity contribution in [2.24, 2.45) is 0 Å². The van der Waals surface area contributed by atoms with E-state index in [9.17, 15) is 14.4 Å². The molecule has 0 spiro atoms. The highest BCUT2D eigenvalue weighted by Crippen LogP contribution is 2.38. The van der Waals surface area contributed by atoms with E-state index in [1.807, 2.05) is 19.1 Å². The van der Waals surface area contributed by atoms with Crippen LogP contribution in [0.4, 0.5) is 10.5 Å². The van der Waals surface area contributed by atoms with E-state index in [0.29, 0.717) is 34.4 Å². The van der Waals surface area contributed by atoms with Crippen molar-refractivity contribution in [1.29, 1.82) is 0 Å². The van der Waals surface area contributed by atoms with E-state index in [0.717, 1.165) is 14.9 Å². The third-order valence-corrected chi connectivity index (χ3v) is 6.19. The molecule has 3 aromatic carbocycles. The zero-order valence-electron chi connectivity index (χ0n) is 18.9. The van der Waals surface area contributed by atoms with Gasteiger partial charge >= 0.3 is 6.03 Å². The molecule has 184 valence electrons. The van der Waals surface area contributed by atoms with E-state index < -0.39 is 17.8 Å². The van der Waals surface area contributed by atoms with Crippen molar-refractivity contribution < 1.29 is 23.9 Å². The van der Waals surface area contributed by atoms with E-state index in [1.165, 1.54) is 6.08 Å². The van der Waals surface area contributed by atoms with Gasteiger partial charge in [0.2, 0.25) is 0 Å². The minimum absolute atomic E-state index is 0.225. The predicted octanol–water partition coefficient (Wildman–Crippen LogP) is 6.40. The molecule has 0 aliphatic carbocycles. The first-order valence-corrected chi connectivity index (χ1v) is 12.3. The summed E-state index contributed by atoms with van der Waals surface area (Å²) in [6.45, 7) is 2.36. The standard InChI is InChI=1S/C26H19BrCl2N2O5/c1-2-35-22-13-16(12-21(29)23(22)36-14-15-3-7-18(28)8-4-15)11-20-24(32)30-26(34)31(25(20)33)19-9-5-17(27)6-10-19/h3-13H,2,14H2,1H3,(H,30,32,34)/b20-11+. The molecule has 0 bridgehead atoms. The zero-order valence-corrected chi connectivity index (χ0v) is 22.0. The first-order valence-electron chi connectivity index (χ1n) is 10.8. The molecule has 0 atom stereocenters. The van der Waals surface area contributed by atoms with Crippen LogP contribution in [-0.2, 0) is 16.2 Å². The number of amides is 4. The van der Waals surface area contributed by atoms with Crippen molar-refractivity contribution in [2.75, 3.05) is 11.5 Å². The molecule has 1 aliphatic rings. The first-order chi connectivity index (χ1) is 17.3. The maximum atomic E-state index is 13.1. The molecule has 0 radical (unpaired) electrons. The van der Waals surface area contributed by atoms with Gasteiger partial charge in [0.15, 0.2) is 11.5 Å². The summed E-state index contributed by atoms with van der Waals surface area (Å²) in [7, 11) is 0. The topological polar surface area (TPSA) is 84.9 Å². The molecule has 7 nitrogen and oxygen atoms in total. The molecule has 1 saturated heterocycles. The summed E-state index contributed by atoms with van der Waals surface area (Å²) >= 11 is 15.8. The number of nitrogens with one attached hydrogen (secondary N) is 1. The molecule has 1 N–H and O–H groups in total. The predicted molar refractivity (Wildman–Crippen MR) is 142 cm³/mol. The van der Waals surface area contributed by atoms with Crippen LogP contribution in [0.15, 0.2) is 70.7 Å². The zero-order chi connectivity index (χ0) is 25.8. The lowest BCUT2D eigenvalue weighted by Gasteiger charge is -2.26. The fourth-order valence-corrected chi connectivity index (χ4v) is 4.12. The van der Waals surface area contributed by atoms with Crippen molar-refractivity contribution >= 4 is 68.7 Å². The van der Waals surface area contributed by atoms with Gasteiger partial charge < -0.3 is 9.47 Å². The van der Waals surface area contributed by atoms with Gasteiger partial charge in [-0.05, 0) is 72.7 Å². The summed E-state index contributed by atoms with van der Waals surface area (Å²) in [5, 5.41) is 3.04. The second-order valence-corrected chi connectivity index (χ2v) is 9.37. The van der Waals surface area contributed by atoms with Gasteiger partial charge in [-0.2, -0.15) is 0 Å². The number of anilines is 1. The quantitative estimate of drug-likeness (QED) is 0.255. The average Bonchev–Trinajstić information content (AvgIpc) is 2.83. The second kappa shape index (κ2) is 11.2. The summed E-state index contributed by atoms with van der Waals surface area (Å²) in [5.74, 6) is -0.907. The molecular weight excluding hydrogens is 571 g/mol. The highest BCUT2D eigenvalue weighted by Gasteiger charge is 2.36. The van der Waals surface area contributed by atoms with E-state index in [1.54, 1.807) is 48.5 Å². The van der Waals surface area contributed by atoms with Crippen LogP contribution >= 0.6 is 39.1 Å². The number of benzene rings is 3. The van der Waals surface area contributed by atoms with Gasteiger partial charge in [-0.25, -0.2) is 9.69 Å². The van der Waals surface area contributed by atoms with Gasteiger partial charge in [-0.15, -0.1) is 0 Å². The largest absolute Gasteiger partial charge is 0.490 e. The van der Waals surface area contributed by atoms with Crippen molar-refractivity contribution in [2.45, 2.75) is 13.5 Å². The molecule has 1 fully saturated rings. The molecule has 4 amide bonds. The Balaban J connectivity index is 1.65. The second-order valence-electron chi connectivity index (χ2n) is 7.61. The van der Waals surface area contributed by atoms with E-state index in [4.69, 9.17) is 32.7 Å². The van der Waals surface area contributed by atoms with Crippen LogP contribution in [0.25, 0.3) is 6.08 Å². The summed E-state index contributed by atoms with van der Waals surface area (Å²) in [5.41, 5.74) is 1.39. The summed E-state index contributed by atoms with van der Waals surface area (Å²) in [6.07, 6.45) is 1.35. The van der Waals surface area contributed by atoms with Gasteiger partial charge in [0.05, 0.1) is 17.3 Å². The van der Waals surface area contributed by atoms with Crippen LogP contribution in [0.5, 0.6) is 11.5 Å². The summed E-state index contributed by atoms with van der Waals surface area (Å²) < 4.78 is 12.4. The SMILES string of the molecule is CCOc1cc(/C=C2\C(=O)NC(=O)N(c3ccc(Br)cc3)C2=O)cc(Cl)c1OCc1ccc(Cl)cc1. The minimum atomic E-state index is -0.830. The van der Waals surface area contributed by atoms with Crippen molar-refractivity contribution in [1.82, 2.24) is 5.32 Å². The van der Waals surface area contributed by atoms with Crippen LogP contribution in [-0.4, -0.2) is 24.5 Å². The molecule has 0 unspecified atom stereocenters. The number of nitrogens with zero attached hydrogens (tertiary/aromatic N) is 1. The number of barbiturate groups is 1. The van der Waals surface area contributed by atoms with Crippen LogP contribution in [0, 0.1) is 0 Å². The number of halogens is 3. The molecule has 1 aliphatic heterocycles. The highest BCUT2D eigenvalue weighted by molar-refractivity contribution is 9.10. The van der Waals surface area contributed by atoms with Gasteiger partial charge in [0.25, 0.3) is 11.8 Å². The van der Waals surface area contributed by atoms with Gasteiger partial charge in [0.1, 0.15) is 12.2 Å². The Morgan fingerprint density at radius 2 is 1.67 bits per heavy atom. The monoisotopic (exact) mass is 588 g/mol. The lowest BCUT2D eigenvalue weighted by molar-refractivity contribution is -0.122. The van der Waals surface area contributed by atoms with Gasteiger partial charge in [-0.1, -0.05) is 51.3 Å². The number of urea groups is 1. The molecule has 0 saturated carbocycles. The van der Waals surface area contributed by atoms with Crippen LogP contribution in [0.3, 0.4) is 0 Å². The molecule has 3 aromatic rings. The van der Waals surface area contributed by atoms with Gasteiger partial charge in [-0.3, -0.25) is 14.9 Å². The Hall–Kier alpha value is -3.33. The number of hydrogen-bond acceptors (Lipinski definition) is 5. The number of hydrogen-bond donors (Lipinski definition) is 1. The fraction of sp³-hybridized carbons (Fsp3) is 0.115. The number of carbonyl (C=O) groups excluding carboxylic acids is 3. The van der Waals surface area contributed by atoms with Crippen molar-refractivity contribution in [3.63, 3.8) is 0 Å². The lowest BCUT2D eigenvalue weighted by atomic mass is 10.1. The number of rotatable bonds is 7. The lowest BCUT2D eigenvalue weighted by Crippen LogP contribution is -2.54. The Morgan fingerprint density at radius 3 is 2.33 bits per heavy atom. The van der Waals surface area contributed by atoms with Crippen LogP contribution in [0.1, 0.15) is 18.1 Å². The van der Waals surface area contributed by atoms with Crippen LogP contribution in [0.2, 0.25) is 10.0 Å². The van der Waals surface area contributed by atoms with Crippen molar-refractivity contribution in [3.05, 3.63) is 91.9 Å². The minimum Gasteiger partial charge on any atom is -0.490 e. The van der Waals surface area contributed by atoms with Gasteiger partial charge in [0, 0.05) is 9.50 Å². The molecule has 0 aromatic heterocycles. The van der Waals surface area contributed by atoms with Crippen LogP contribution < -0.4 is 19.7 Å². The fourth-order valence-electron chi connectivity index (χ4n) is 3.46. The molecular formula is C26H19BrCl2N2O5. The number of ether oxygens (including phenoxy) is 2. The molecule has 10 heteroatoms. The summed E-state index contributed by atoms with van der Waals surface area (Å²) in [4.78, 5) is 39.0. The van der Waals surface area contributed by atoms with E-state index >= 15 is 0 Å². The maximum absolute atomic E-state index is 13.1. The maximum Gasteiger partial charge on any atom is 0.335 e. The Morgan fingerprint density at radius 1 is 0.972 bits per heavy atom. The van der Waals surface area contributed by atoms with E-state index in [2.05, 4.69) is 21.2 Å². The normalized spacial score (nSPS) is 14.7. The Bertz CT molecular complexity index is 1360.